The predicted molar refractivity (Wildman–Crippen MR) is 53.8 cm³/mol. The van der Waals surface area contributed by atoms with Gasteiger partial charge in [0.2, 0.25) is 5.65 Å². The average molecular weight is 201 g/mol. The normalized spacial score (nSPS) is 11.3. The Morgan fingerprint density at radius 3 is 3.00 bits per heavy atom. The van der Waals surface area contributed by atoms with Gasteiger partial charge in [-0.25, -0.2) is 9.97 Å². The zero-order valence-electron chi connectivity index (χ0n) is 7.92. The molecule has 0 aliphatic heterocycles. The first-order valence-electron chi connectivity index (χ1n) is 4.32. The van der Waals surface area contributed by atoms with Crippen LogP contribution in [-0.2, 0) is 7.05 Å². The Labute approximate surface area is 84.0 Å². The van der Waals surface area contributed by atoms with E-state index in [0.717, 1.165) is 5.39 Å². The van der Waals surface area contributed by atoms with Crippen LogP contribution >= 0.6 is 0 Å². The minimum atomic E-state index is 0.489. The molecular weight excluding hydrogens is 194 g/mol. The monoisotopic (exact) mass is 201 g/mol. The molecule has 15 heavy (non-hydrogen) atoms. The molecule has 0 aromatic carbocycles. The minimum absolute atomic E-state index is 0.489. The van der Waals surface area contributed by atoms with Crippen molar-refractivity contribution in [3.05, 3.63) is 12.4 Å². The molecule has 3 aromatic heterocycles. The van der Waals surface area contributed by atoms with Gasteiger partial charge in [0.15, 0.2) is 5.65 Å². The van der Waals surface area contributed by atoms with Gasteiger partial charge in [0.1, 0.15) is 11.3 Å². The van der Waals surface area contributed by atoms with Gasteiger partial charge in [-0.3, -0.25) is 0 Å². The van der Waals surface area contributed by atoms with Crippen molar-refractivity contribution >= 4 is 28.0 Å². The third-order valence-corrected chi connectivity index (χ3v) is 2.26. The molecule has 74 valence electrons. The number of hydrogen-bond donors (Lipinski definition) is 1. The standard InChI is InChI=1S/C8H7N7/c1-15-3-10-7-4(6(15)9)2-5-8(11-7)13-14-12-5/h2-3H,9H2,1H3. The zero-order chi connectivity index (χ0) is 10.4. The molecule has 0 aliphatic carbocycles. The van der Waals surface area contributed by atoms with Crippen LogP contribution in [0.2, 0.25) is 0 Å². The summed E-state index contributed by atoms with van der Waals surface area (Å²) in [4.78, 5) is 8.35. The fourth-order valence-electron chi connectivity index (χ4n) is 1.42. The summed E-state index contributed by atoms with van der Waals surface area (Å²) in [6.07, 6.45) is 1.61. The fraction of sp³-hybridized carbons (Fsp3) is 0.125. The largest absolute Gasteiger partial charge is 0.384 e. The number of rotatable bonds is 0. The summed E-state index contributed by atoms with van der Waals surface area (Å²) in [5, 5.41) is 11.9. The predicted octanol–water partition coefficient (Wildman–Crippen LogP) is -0.111. The van der Waals surface area contributed by atoms with Crippen LogP contribution in [0.5, 0.6) is 0 Å². The molecular formula is C8H7N7. The smallest absolute Gasteiger partial charge is 0.206 e. The van der Waals surface area contributed by atoms with E-state index in [4.69, 9.17) is 5.73 Å². The van der Waals surface area contributed by atoms with E-state index in [1.165, 1.54) is 0 Å². The third kappa shape index (κ3) is 1.03. The molecule has 0 fully saturated rings. The van der Waals surface area contributed by atoms with Gasteiger partial charge in [0.25, 0.3) is 0 Å². The van der Waals surface area contributed by atoms with Gasteiger partial charge in [-0.15, -0.1) is 10.2 Å². The van der Waals surface area contributed by atoms with Gasteiger partial charge in [-0.1, -0.05) is 0 Å². The van der Waals surface area contributed by atoms with Crippen LogP contribution in [0.4, 0.5) is 5.82 Å². The van der Waals surface area contributed by atoms with Crippen molar-refractivity contribution in [2.75, 3.05) is 5.73 Å². The van der Waals surface area contributed by atoms with E-state index in [1.807, 2.05) is 7.05 Å². The van der Waals surface area contributed by atoms with Gasteiger partial charge in [-0.05, 0) is 11.3 Å². The highest BCUT2D eigenvalue weighted by Gasteiger charge is 2.07. The number of hydrogen-bond acceptors (Lipinski definition) is 6. The van der Waals surface area contributed by atoms with E-state index in [9.17, 15) is 0 Å². The van der Waals surface area contributed by atoms with Crippen molar-refractivity contribution in [1.29, 1.82) is 0 Å². The van der Waals surface area contributed by atoms with Gasteiger partial charge >= 0.3 is 0 Å². The molecule has 7 nitrogen and oxygen atoms in total. The summed E-state index contributed by atoms with van der Waals surface area (Å²) in [6.45, 7) is 0. The Kier molecular flexibility index (Phi) is 1.39. The molecule has 2 N–H and O–H groups in total. The van der Waals surface area contributed by atoms with Crippen molar-refractivity contribution in [3.8, 4) is 0 Å². The van der Waals surface area contributed by atoms with Crippen LogP contribution in [0.25, 0.3) is 22.2 Å². The summed E-state index contributed by atoms with van der Waals surface area (Å²) in [7, 11) is 1.82. The van der Waals surface area contributed by atoms with Crippen molar-refractivity contribution in [2.45, 2.75) is 0 Å². The Morgan fingerprint density at radius 1 is 1.27 bits per heavy atom. The lowest BCUT2D eigenvalue weighted by molar-refractivity contribution is 0.891. The van der Waals surface area contributed by atoms with Crippen LogP contribution < -0.4 is 5.73 Å². The van der Waals surface area contributed by atoms with E-state index in [-0.39, 0.29) is 0 Å². The molecule has 0 atom stereocenters. The number of pyridine rings is 1. The van der Waals surface area contributed by atoms with Gasteiger partial charge < -0.3 is 10.3 Å². The first-order chi connectivity index (χ1) is 7.25. The molecule has 0 bridgehead atoms. The highest BCUT2D eigenvalue weighted by Crippen LogP contribution is 2.19. The van der Waals surface area contributed by atoms with E-state index in [2.05, 4.69) is 25.4 Å². The van der Waals surface area contributed by atoms with Crippen molar-refractivity contribution in [2.24, 2.45) is 7.05 Å². The number of nitrogen functional groups attached to an aromatic ring is 1. The summed E-state index contributed by atoms with van der Waals surface area (Å²) in [5.41, 5.74) is 7.56. The van der Waals surface area contributed by atoms with Gasteiger partial charge in [0, 0.05) is 7.05 Å². The Balaban J connectivity index is 2.54. The van der Waals surface area contributed by atoms with Crippen molar-refractivity contribution in [1.82, 2.24) is 29.9 Å². The second-order valence-electron chi connectivity index (χ2n) is 3.23. The third-order valence-electron chi connectivity index (χ3n) is 2.26. The van der Waals surface area contributed by atoms with Crippen LogP contribution in [0.1, 0.15) is 0 Å². The molecule has 0 aliphatic rings. The number of fused-ring (bicyclic) bond motifs is 2. The summed E-state index contributed by atoms with van der Waals surface area (Å²) in [6, 6.07) is 1.79. The highest BCUT2D eigenvalue weighted by molar-refractivity contribution is 5.92. The molecule has 7 heteroatoms. The number of aromatic nitrogens is 6. The average Bonchev–Trinajstić information content (AvgIpc) is 2.68. The SMILES string of the molecule is Cn1cnc2nc3nnnc3cc2c1N. The molecule has 0 amide bonds. The van der Waals surface area contributed by atoms with Crippen LogP contribution in [0, 0.1) is 0 Å². The molecule has 3 rings (SSSR count). The minimum Gasteiger partial charge on any atom is -0.384 e. The Bertz CT molecular complexity index is 656. The van der Waals surface area contributed by atoms with Crippen LogP contribution in [0.15, 0.2) is 12.4 Å². The number of anilines is 1. The second-order valence-corrected chi connectivity index (χ2v) is 3.23. The maximum Gasteiger partial charge on any atom is 0.206 e. The van der Waals surface area contributed by atoms with Crippen molar-refractivity contribution in [3.63, 3.8) is 0 Å². The van der Waals surface area contributed by atoms with E-state index in [1.54, 1.807) is 17.0 Å². The maximum atomic E-state index is 5.89. The van der Waals surface area contributed by atoms with E-state index in [0.29, 0.717) is 22.6 Å². The summed E-state index contributed by atoms with van der Waals surface area (Å²) in [5.74, 6) is 0.595. The van der Waals surface area contributed by atoms with Gasteiger partial charge in [-0.2, -0.15) is 0 Å². The molecule has 0 spiro atoms. The van der Waals surface area contributed by atoms with Crippen molar-refractivity contribution < 1.29 is 0 Å². The van der Waals surface area contributed by atoms with Gasteiger partial charge in [0.05, 0.1) is 11.7 Å². The number of nitrogens with zero attached hydrogens (tertiary/aromatic N) is 6. The zero-order valence-corrected chi connectivity index (χ0v) is 7.92. The molecule has 0 saturated heterocycles. The van der Waals surface area contributed by atoms with E-state index >= 15 is 0 Å². The topological polar surface area (TPSA) is 95.4 Å². The molecule has 3 heterocycles. The van der Waals surface area contributed by atoms with Crippen LogP contribution in [-0.4, -0.2) is 29.9 Å². The fourth-order valence-corrected chi connectivity index (χ4v) is 1.42. The lowest BCUT2D eigenvalue weighted by Gasteiger charge is -2.05. The second kappa shape index (κ2) is 2.59. The first-order valence-corrected chi connectivity index (χ1v) is 4.32. The number of nitrogens with two attached hydrogens (primary N) is 1. The first kappa shape index (κ1) is 8.04. The summed E-state index contributed by atoms with van der Waals surface area (Å²) < 4.78 is 1.72. The highest BCUT2D eigenvalue weighted by atomic mass is 15.3. The molecule has 3 aromatic rings. The lowest BCUT2D eigenvalue weighted by atomic mass is 10.3. The summed E-state index contributed by atoms with van der Waals surface area (Å²) >= 11 is 0. The number of aryl methyl sites for hydroxylation is 1. The van der Waals surface area contributed by atoms with Crippen LogP contribution in [0.3, 0.4) is 0 Å². The quantitative estimate of drug-likeness (QED) is 0.545. The van der Waals surface area contributed by atoms with E-state index < -0.39 is 0 Å². The Hall–Kier alpha value is -2.31. The maximum absolute atomic E-state index is 5.89. The molecule has 0 radical (unpaired) electrons. The lowest BCUT2D eigenvalue weighted by Crippen LogP contribution is -2.03. The Morgan fingerprint density at radius 2 is 2.13 bits per heavy atom. The molecule has 0 saturated carbocycles. The molecule has 0 unspecified atom stereocenters.